The molecule has 6 heteroatoms. The summed E-state index contributed by atoms with van der Waals surface area (Å²) in [5.41, 5.74) is 5.23. The predicted octanol–water partition coefficient (Wildman–Crippen LogP) is 6.73. The van der Waals surface area contributed by atoms with Crippen molar-refractivity contribution in [1.29, 1.82) is 0 Å². The first-order valence-electron chi connectivity index (χ1n) is 10.9. The van der Waals surface area contributed by atoms with Gasteiger partial charge in [0.25, 0.3) is 5.91 Å². The Balaban J connectivity index is 1.25. The molecule has 0 unspecified atom stereocenters. The van der Waals surface area contributed by atoms with Gasteiger partial charge in [0.1, 0.15) is 11.5 Å². The quantitative estimate of drug-likeness (QED) is 0.303. The molecule has 1 amide bonds. The molecule has 2 N–H and O–H groups in total. The number of fused-ring (bicyclic) bond motifs is 1. The molecule has 0 fully saturated rings. The van der Waals surface area contributed by atoms with Gasteiger partial charge in [-0.05, 0) is 85.3 Å². The highest BCUT2D eigenvalue weighted by Gasteiger charge is 2.08. The third kappa shape index (κ3) is 4.71. The molecule has 6 nitrogen and oxygen atoms in total. The summed E-state index contributed by atoms with van der Waals surface area (Å²) in [5, 5.41) is 7.44. The normalized spacial score (nSPS) is 10.6. The van der Waals surface area contributed by atoms with Gasteiger partial charge in [0.15, 0.2) is 0 Å². The summed E-state index contributed by atoms with van der Waals surface area (Å²) in [6.07, 6.45) is 5.13. The highest BCUT2D eigenvalue weighted by molar-refractivity contribution is 6.04. The second-order valence-corrected chi connectivity index (χ2v) is 7.79. The van der Waals surface area contributed by atoms with Crippen LogP contribution < -0.4 is 15.4 Å². The molecule has 3 aromatic carbocycles. The fourth-order valence-electron chi connectivity index (χ4n) is 3.70. The fraction of sp³-hybridized carbons (Fsp3) is 0.0357. The lowest BCUT2D eigenvalue weighted by molar-refractivity contribution is 0.102. The van der Waals surface area contributed by atoms with E-state index >= 15 is 0 Å². The first-order valence-corrected chi connectivity index (χ1v) is 10.9. The van der Waals surface area contributed by atoms with Crippen molar-refractivity contribution in [3.63, 3.8) is 0 Å². The van der Waals surface area contributed by atoms with Crippen LogP contribution in [-0.4, -0.2) is 15.9 Å². The largest absolute Gasteiger partial charge is 0.457 e. The van der Waals surface area contributed by atoms with E-state index in [-0.39, 0.29) is 5.91 Å². The predicted molar refractivity (Wildman–Crippen MR) is 135 cm³/mol. The van der Waals surface area contributed by atoms with Crippen molar-refractivity contribution in [2.75, 3.05) is 10.6 Å². The van der Waals surface area contributed by atoms with E-state index in [2.05, 4.69) is 33.6 Å². The van der Waals surface area contributed by atoms with Gasteiger partial charge in [-0.2, -0.15) is 0 Å². The summed E-state index contributed by atoms with van der Waals surface area (Å²) in [7, 11) is 0. The van der Waals surface area contributed by atoms with Crippen LogP contribution in [-0.2, 0) is 0 Å². The molecule has 166 valence electrons. The minimum Gasteiger partial charge on any atom is -0.457 e. The molecule has 0 aliphatic carbocycles. The minimum absolute atomic E-state index is 0.181. The Morgan fingerprint density at radius 3 is 2.24 bits per heavy atom. The molecule has 5 aromatic rings. The summed E-state index contributed by atoms with van der Waals surface area (Å²) in [5.74, 6) is 1.20. The highest BCUT2D eigenvalue weighted by Crippen LogP contribution is 2.28. The number of benzene rings is 3. The number of carbonyl (C=O) groups excluding carboxylic acids is 1. The number of ether oxygens (including phenoxy) is 1. The number of aryl methyl sites for hydroxylation is 1. The van der Waals surface area contributed by atoms with Gasteiger partial charge in [-0.1, -0.05) is 12.1 Å². The van der Waals surface area contributed by atoms with Gasteiger partial charge in [0, 0.05) is 46.6 Å². The zero-order chi connectivity index (χ0) is 23.3. The van der Waals surface area contributed by atoms with Gasteiger partial charge in [-0.15, -0.1) is 0 Å². The maximum Gasteiger partial charge on any atom is 0.255 e. The van der Waals surface area contributed by atoms with Crippen molar-refractivity contribution < 1.29 is 9.53 Å². The van der Waals surface area contributed by atoms with Gasteiger partial charge in [-0.25, -0.2) is 0 Å². The molecule has 0 saturated carbocycles. The van der Waals surface area contributed by atoms with Gasteiger partial charge in [0.05, 0.1) is 5.52 Å². The molecule has 0 spiro atoms. The van der Waals surface area contributed by atoms with Gasteiger partial charge in [-0.3, -0.25) is 14.8 Å². The Kier molecular flexibility index (Phi) is 5.86. The third-order valence-corrected chi connectivity index (χ3v) is 5.40. The second kappa shape index (κ2) is 9.42. The summed E-state index contributed by atoms with van der Waals surface area (Å²) < 4.78 is 5.76. The number of rotatable bonds is 6. The Bertz CT molecular complexity index is 1430. The molecule has 0 saturated heterocycles. The molecular formula is C28H22N4O2. The summed E-state index contributed by atoms with van der Waals surface area (Å²) >= 11 is 0. The Morgan fingerprint density at radius 1 is 0.765 bits per heavy atom. The third-order valence-electron chi connectivity index (χ3n) is 5.40. The van der Waals surface area contributed by atoms with Crippen molar-refractivity contribution in [3.05, 3.63) is 115 Å². The molecule has 0 aliphatic rings. The Morgan fingerprint density at radius 2 is 1.47 bits per heavy atom. The summed E-state index contributed by atoms with van der Waals surface area (Å²) in [4.78, 5) is 21.1. The van der Waals surface area contributed by atoms with Gasteiger partial charge < -0.3 is 15.4 Å². The lowest BCUT2D eigenvalue weighted by Crippen LogP contribution is -2.11. The number of carbonyl (C=O) groups is 1. The van der Waals surface area contributed by atoms with E-state index < -0.39 is 0 Å². The van der Waals surface area contributed by atoms with Crippen LogP contribution in [0.1, 0.15) is 15.9 Å². The van der Waals surface area contributed by atoms with Crippen molar-refractivity contribution >= 4 is 33.9 Å². The van der Waals surface area contributed by atoms with Gasteiger partial charge in [0.2, 0.25) is 0 Å². The number of hydrogen-bond donors (Lipinski definition) is 2. The number of aromatic nitrogens is 2. The van der Waals surface area contributed by atoms with Crippen LogP contribution >= 0.6 is 0 Å². The first kappa shape index (κ1) is 21.2. The van der Waals surface area contributed by atoms with Crippen molar-refractivity contribution in [2.24, 2.45) is 0 Å². The number of pyridine rings is 2. The molecule has 2 aromatic heterocycles. The molecule has 34 heavy (non-hydrogen) atoms. The molecule has 0 bridgehead atoms. The topological polar surface area (TPSA) is 76.1 Å². The summed E-state index contributed by atoms with van der Waals surface area (Å²) in [6.45, 7) is 2.07. The van der Waals surface area contributed by atoms with E-state index in [4.69, 9.17) is 4.74 Å². The molecule has 0 aliphatic heterocycles. The van der Waals surface area contributed by atoms with Crippen molar-refractivity contribution in [3.8, 4) is 11.5 Å². The SMILES string of the molecule is Cc1cccc2nccc(Nc3ccc(C(=O)Nc4ccc(Oc5ccncc5)cc4)cc3)c12. The maximum absolute atomic E-state index is 12.7. The molecule has 0 radical (unpaired) electrons. The van der Waals surface area contributed by atoms with E-state index in [0.717, 1.165) is 27.8 Å². The lowest BCUT2D eigenvalue weighted by atomic mass is 10.1. The number of nitrogens with one attached hydrogen (secondary N) is 2. The average molecular weight is 447 g/mol. The zero-order valence-electron chi connectivity index (χ0n) is 18.5. The van der Waals surface area contributed by atoms with Crippen LogP contribution in [0.3, 0.4) is 0 Å². The molecule has 5 rings (SSSR count). The van der Waals surface area contributed by atoms with Crippen LogP contribution in [0.25, 0.3) is 10.9 Å². The van der Waals surface area contributed by atoms with Crippen LogP contribution in [0, 0.1) is 6.92 Å². The van der Waals surface area contributed by atoms with E-state index in [1.165, 1.54) is 0 Å². The van der Waals surface area contributed by atoms with Gasteiger partial charge >= 0.3 is 0 Å². The average Bonchev–Trinajstić information content (AvgIpc) is 2.86. The van der Waals surface area contributed by atoms with Crippen molar-refractivity contribution in [1.82, 2.24) is 9.97 Å². The Labute approximate surface area is 197 Å². The van der Waals surface area contributed by atoms with Crippen molar-refractivity contribution in [2.45, 2.75) is 6.92 Å². The molecule has 0 atom stereocenters. The standard InChI is InChI=1S/C28H22N4O2/c1-19-3-2-4-25-27(19)26(15-18-30-25)31-21-7-5-20(6-8-21)28(33)32-22-9-11-23(12-10-22)34-24-13-16-29-17-14-24/h2-18H,1H3,(H,30,31)(H,32,33). The first-order chi connectivity index (χ1) is 16.7. The van der Waals surface area contributed by atoms with Crippen LogP contribution in [0.5, 0.6) is 11.5 Å². The van der Waals surface area contributed by atoms with E-state index in [1.807, 2.05) is 42.5 Å². The minimum atomic E-state index is -0.181. The molecular weight excluding hydrogens is 424 g/mol. The number of nitrogens with zero attached hydrogens (tertiary/aromatic N) is 2. The van der Waals surface area contributed by atoms with Crippen LogP contribution in [0.4, 0.5) is 17.1 Å². The maximum atomic E-state index is 12.7. The van der Waals surface area contributed by atoms with Crippen LogP contribution in [0.15, 0.2) is 104 Å². The summed E-state index contributed by atoms with van der Waals surface area (Å²) in [6, 6.07) is 26.2. The highest BCUT2D eigenvalue weighted by atomic mass is 16.5. The lowest BCUT2D eigenvalue weighted by Gasteiger charge is -2.12. The number of amides is 1. The van der Waals surface area contributed by atoms with Crippen LogP contribution in [0.2, 0.25) is 0 Å². The van der Waals surface area contributed by atoms with E-state index in [0.29, 0.717) is 22.7 Å². The molecule has 2 heterocycles. The zero-order valence-corrected chi connectivity index (χ0v) is 18.5. The number of anilines is 3. The monoisotopic (exact) mass is 446 g/mol. The van der Waals surface area contributed by atoms with E-state index in [1.54, 1.807) is 55.0 Å². The van der Waals surface area contributed by atoms with E-state index in [9.17, 15) is 4.79 Å². The fourth-order valence-corrected chi connectivity index (χ4v) is 3.70. The second-order valence-electron chi connectivity index (χ2n) is 7.79. The Hall–Kier alpha value is -4.71. The smallest absolute Gasteiger partial charge is 0.255 e. The number of hydrogen-bond acceptors (Lipinski definition) is 5.